The Hall–Kier alpha value is 0. The third-order valence-electron chi connectivity index (χ3n) is 1.46. The summed E-state index contributed by atoms with van der Waals surface area (Å²) >= 11 is 0. The van der Waals surface area contributed by atoms with E-state index in [4.69, 9.17) is 0 Å². The van der Waals surface area contributed by atoms with Crippen LogP contribution >= 0.6 is 0 Å². The monoisotopic (exact) mass is 146 g/mol. The lowest BCUT2D eigenvalue weighted by atomic mass is 10.1. The molecule has 0 aromatic heterocycles. The zero-order valence-corrected chi connectivity index (χ0v) is 8.24. The molecule has 0 rings (SSSR count). The van der Waals surface area contributed by atoms with Crippen molar-refractivity contribution in [1.82, 2.24) is 0 Å². The Bertz CT molecular complexity index is 29.9. The maximum atomic E-state index is 2.26. The number of unbranched alkanes of at least 4 members (excludes halogenated alkanes) is 5. The van der Waals surface area contributed by atoms with Crippen molar-refractivity contribution in [2.24, 2.45) is 0 Å². The van der Waals surface area contributed by atoms with Crippen LogP contribution in [-0.2, 0) is 0 Å². The first-order valence-corrected chi connectivity index (χ1v) is 4.91. The van der Waals surface area contributed by atoms with Crippen LogP contribution in [0.15, 0.2) is 0 Å². The van der Waals surface area contributed by atoms with Crippen LogP contribution in [-0.4, -0.2) is 0 Å². The maximum absolute atomic E-state index is 2.26. The van der Waals surface area contributed by atoms with Gasteiger partial charge in [0, 0.05) is 1.43 Å². The van der Waals surface area contributed by atoms with E-state index in [9.17, 15) is 0 Å². The highest BCUT2D eigenvalue weighted by Gasteiger charge is 1.83. The van der Waals surface area contributed by atoms with Crippen molar-refractivity contribution in [2.75, 3.05) is 0 Å². The second-order valence-corrected chi connectivity index (χ2v) is 2.41. The smallest absolute Gasteiger partial charge is 0 e. The Balaban J connectivity index is -0.000000196. The fourth-order valence-electron chi connectivity index (χ4n) is 0.854. The maximum Gasteiger partial charge on any atom is 0 e. The summed E-state index contributed by atoms with van der Waals surface area (Å²) in [6, 6.07) is 0. The Morgan fingerprint density at radius 1 is 0.700 bits per heavy atom. The Morgan fingerprint density at radius 3 is 1.20 bits per heavy atom. The zero-order valence-electron chi connectivity index (χ0n) is 8.24. The molecule has 0 amide bonds. The topological polar surface area (TPSA) is 0 Å². The predicted octanol–water partition coefficient (Wildman–Crippen LogP) is 4.64. The molecule has 0 heteroatoms. The lowest BCUT2D eigenvalue weighted by Crippen LogP contribution is -1.73. The van der Waals surface area contributed by atoms with Gasteiger partial charge >= 0.3 is 0 Å². The van der Waals surface area contributed by atoms with Crippen molar-refractivity contribution in [1.29, 1.82) is 0 Å². The molecule has 66 valence electrons. The van der Waals surface area contributed by atoms with E-state index in [-0.39, 0.29) is 1.43 Å². The average Bonchev–Trinajstić information content (AvgIpc) is 2.02. The second kappa shape index (κ2) is 16.0. The highest BCUT2D eigenvalue weighted by molar-refractivity contribution is 4.39. The van der Waals surface area contributed by atoms with Gasteiger partial charge in [0.1, 0.15) is 0 Å². The predicted molar refractivity (Wildman–Crippen MR) is 52.5 cm³/mol. The van der Waals surface area contributed by atoms with Crippen LogP contribution in [0.4, 0.5) is 0 Å². The first kappa shape index (κ1) is 12.7. The van der Waals surface area contributed by atoms with Crippen LogP contribution in [0.2, 0.25) is 0 Å². The summed E-state index contributed by atoms with van der Waals surface area (Å²) < 4.78 is 0. The van der Waals surface area contributed by atoms with Gasteiger partial charge in [-0.2, -0.15) is 0 Å². The molecular formula is C10H26. The van der Waals surface area contributed by atoms with Crippen molar-refractivity contribution in [3.63, 3.8) is 0 Å². The largest absolute Gasteiger partial charge is 0.0683 e. The molecule has 0 saturated heterocycles. The summed E-state index contributed by atoms with van der Waals surface area (Å²) in [7, 11) is 0. The fraction of sp³-hybridized carbons (Fsp3) is 1.00. The molecule has 0 N–H and O–H groups in total. The minimum Gasteiger partial charge on any atom is -0.0683 e. The highest BCUT2D eigenvalue weighted by Crippen LogP contribution is 2.03. The summed E-state index contributed by atoms with van der Waals surface area (Å²) in [6.45, 7) is 8.51. The molecule has 0 aliphatic carbocycles. The molecule has 0 saturated carbocycles. The van der Waals surface area contributed by atoms with E-state index < -0.39 is 0 Å². The van der Waals surface area contributed by atoms with E-state index in [1.807, 2.05) is 13.8 Å². The van der Waals surface area contributed by atoms with Crippen LogP contribution in [0, 0.1) is 0 Å². The third kappa shape index (κ3) is 15.7. The van der Waals surface area contributed by atoms with Crippen LogP contribution in [0.1, 0.15) is 67.6 Å². The molecular weight excluding hydrogens is 120 g/mol. The third-order valence-corrected chi connectivity index (χ3v) is 1.46. The molecule has 0 aromatic rings. The number of hydrogen-bond donors (Lipinski definition) is 0. The molecule has 0 bridgehead atoms. The van der Waals surface area contributed by atoms with E-state index in [1.165, 1.54) is 38.5 Å². The summed E-state index contributed by atoms with van der Waals surface area (Å²) in [5.74, 6) is 0. The molecule has 0 unspecified atom stereocenters. The van der Waals surface area contributed by atoms with Crippen LogP contribution in [0.5, 0.6) is 0 Å². The van der Waals surface area contributed by atoms with Crippen molar-refractivity contribution < 1.29 is 1.43 Å². The van der Waals surface area contributed by atoms with Crippen molar-refractivity contribution in [2.45, 2.75) is 66.2 Å². The summed E-state index contributed by atoms with van der Waals surface area (Å²) in [6.07, 6.45) is 8.49. The van der Waals surface area contributed by atoms with Crippen molar-refractivity contribution in [3.05, 3.63) is 0 Å². The van der Waals surface area contributed by atoms with E-state index in [2.05, 4.69) is 13.8 Å². The van der Waals surface area contributed by atoms with E-state index in [0.29, 0.717) is 0 Å². The first-order valence-electron chi connectivity index (χ1n) is 4.91. The Morgan fingerprint density at radius 2 is 1.00 bits per heavy atom. The summed E-state index contributed by atoms with van der Waals surface area (Å²) in [4.78, 5) is 0. The molecule has 0 radical (unpaired) electrons. The van der Waals surface area contributed by atoms with Gasteiger partial charge in [-0.1, -0.05) is 66.2 Å². The molecule has 0 nitrogen and oxygen atoms in total. The molecule has 0 atom stereocenters. The van der Waals surface area contributed by atoms with Crippen LogP contribution in [0.25, 0.3) is 0 Å². The molecule has 10 heavy (non-hydrogen) atoms. The normalized spacial score (nSPS) is 8.40. The highest BCUT2D eigenvalue weighted by atomic mass is 13.9. The van der Waals surface area contributed by atoms with Gasteiger partial charge in [0.05, 0.1) is 0 Å². The molecule has 0 spiro atoms. The Kier molecular flexibility index (Phi) is 20.2. The van der Waals surface area contributed by atoms with Crippen LogP contribution < -0.4 is 0 Å². The summed E-state index contributed by atoms with van der Waals surface area (Å²) in [5, 5.41) is 0. The number of hydrogen-bond acceptors (Lipinski definition) is 0. The lowest BCUT2D eigenvalue weighted by Gasteiger charge is -1.93. The van der Waals surface area contributed by atoms with Gasteiger partial charge in [-0.25, -0.2) is 0 Å². The van der Waals surface area contributed by atoms with Gasteiger partial charge in [0.25, 0.3) is 0 Å². The van der Waals surface area contributed by atoms with Crippen LogP contribution in [0.3, 0.4) is 0 Å². The molecule has 0 aromatic carbocycles. The van der Waals surface area contributed by atoms with Gasteiger partial charge in [-0.15, -0.1) is 0 Å². The number of rotatable bonds is 5. The molecule has 0 fully saturated rings. The fourth-order valence-corrected chi connectivity index (χ4v) is 0.854. The Labute approximate surface area is 68.5 Å². The van der Waals surface area contributed by atoms with Gasteiger partial charge in [0.2, 0.25) is 0 Å². The molecule has 0 aliphatic rings. The molecule has 0 aliphatic heterocycles. The quantitative estimate of drug-likeness (QED) is 0.496. The minimum absolute atomic E-state index is 0. The average molecular weight is 146 g/mol. The van der Waals surface area contributed by atoms with Gasteiger partial charge in [0.15, 0.2) is 0 Å². The van der Waals surface area contributed by atoms with Crippen molar-refractivity contribution in [3.8, 4) is 0 Å². The minimum atomic E-state index is 0. The standard InChI is InChI=1S/C8H18.C2H6.H2/c1-3-5-7-8-6-4-2;1-2;/h3-8H2,1-2H3;1-2H3;1H. The first-order chi connectivity index (χ1) is 4.91. The lowest BCUT2D eigenvalue weighted by molar-refractivity contribution is 0.624. The van der Waals surface area contributed by atoms with E-state index in [1.54, 1.807) is 0 Å². The van der Waals surface area contributed by atoms with Gasteiger partial charge in [-0.3, -0.25) is 0 Å². The van der Waals surface area contributed by atoms with Gasteiger partial charge in [-0.05, 0) is 0 Å². The summed E-state index contributed by atoms with van der Waals surface area (Å²) in [5.41, 5.74) is 0. The van der Waals surface area contributed by atoms with E-state index >= 15 is 0 Å². The van der Waals surface area contributed by atoms with Crippen molar-refractivity contribution >= 4 is 0 Å². The second-order valence-electron chi connectivity index (χ2n) is 2.41. The van der Waals surface area contributed by atoms with Gasteiger partial charge < -0.3 is 0 Å². The zero-order chi connectivity index (χ0) is 8.24. The molecule has 0 heterocycles. The SMILES string of the molecule is CC.CCCCCCCC.[HH]. The van der Waals surface area contributed by atoms with E-state index in [0.717, 1.165) is 0 Å².